The van der Waals surface area contributed by atoms with Crippen molar-refractivity contribution < 1.29 is 14.4 Å². The molecule has 0 aliphatic rings. The molecule has 2 aromatic carbocycles. The normalized spacial score (nSPS) is 11.4. The van der Waals surface area contributed by atoms with Gasteiger partial charge in [0.25, 0.3) is 17.7 Å². The number of H-pyrrole nitrogens is 1. The third-order valence-corrected chi connectivity index (χ3v) is 4.21. The Kier molecular flexibility index (Phi) is 6.03. The number of carbonyl (C=O) groups excluding carboxylic acids is 3. The molecule has 8 heteroatoms. The van der Waals surface area contributed by atoms with Gasteiger partial charge in [-0.15, -0.1) is 0 Å². The van der Waals surface area contributed by atoms with Gasteiger partial charge < -0.3 is 5.32 Å². The van der Waals surface area contributed by atoms with Crippen LogP contribution in [0.4, 0.5) is 0 Å². The number of amides is 3. The molecule has 0 radical (unpaired) electrons. The fourth-order valence-electron chi connectivity index (χ4n) is 2.62. The number of aromatic nitrogens is 2. The van der Waals surface area contributed by atoms with Crippen molar-refractivity contribution in [2.24, 2.45) is 0 Å². The molecular formula is C21H21N5O3. The zero-order valence-electron chi connectivity index (χ0n) is 16.0. The van der Waals surface area contributed by atoms with E-state index in [-0.39, 0.29) is 11.6 Å². The van der Waals surface area contributed by atoms with Gasteiger partial charge in [0.15, 0.2) is 0 Å². The smallest absolute Gasteiger partial charge is 0.287 e. The minimum Gasteiger partial charge on any atom is -0.340 e. The summed E-state index contributed by atoms with van der Waals surface area (Å²) in [7, 11) is 0. The van der Waals surface area contributed by atoms with Gasteiger partial charge in [0, 0.05) is 11.1 Å². The van der Waals surface area contributed by atoms with Crippen LogP contribution in [-0.2, 0) is 4.79 Å². The van der Waals surface area contributed by atoms with E-state index >= 15 is 0 Å². The van der Waals surface area contributed by atoms with Gasteiger partial charge in [0.05, 0.1) is 5.69 Å². The molecule has 0 fully saturated rings. The summed E-state index contributed by atoms with van der Waals surface area (Å²) in [6.45, 7) is 3.40. The molecule has 1 heterocycles. The standard InChI is InChI=1S/C21H21N5O3/c1-13-7-6-10-16(11-13)20(28)22-14(2)19(27)25-26-21(29)18-12-17(23-24-18)15-8-4-3-5-9-15/h3-12,14H,1-2H3,(H,22,28)(H,23,24)(H,25,27)(H,26,29)/t14-/m0/s1. The fourth-order valence-corrected chi connectivity index (χ4v) is 2.62. The first kappa shape index (κ1) is 19.8. The van der Waals surface area contributed by atoms with Crippen molar-refractivity contribution in [3.8, 4) is 11.3 Å². The summed E-state index contributed by atoms with van der Waals surface area (Å²) in [5.74, 6) is -1.48. The Morgan fingerprint density at radius 3 is 2.41 bits per heavy atom. The second kappa shape index (κ2) is 8.83. The van der Waals surface area contributed by atoms with Gasteiger partial charge in [-0.1, -0.05) is 48.0 Å². The van der Waals surface area contributed by atoms with Crippen molar-refractivity contribution in [3.63, 3.8) is 0 Å². The molecule has 3 aromatic rings. The average Bonchev–Trinajstić information content (AvgIpc) is 3.22. The molecule has 0 saturated carbocycles. The molecule has 1 aromatic heterocycles. The topological polar surface area (TPSA) is 116 Å². The van der Waals surface area contributed by atoms with Crippen LogP contribution in [0.15, 0.2) is 60.7 Å². The summed E-state index contributed by atoms with van der Waals surface area (Å²) >= 11 is 0. The minimum absolute atomic E-state index is 0.195. The zero-order valence-corrected chi connectivity index (χ0v) is 16.0. The summed E-state index contributed by atoms with van der Waals surface area (Å²) in [5, 5.41) is 9.32. The molecule has 0 bridgehead atoms. The van der Waals surface area contributed by atoms with Gasteiger partial charge in [0.2, 0.25) is 0 Å². The molecule has 4 N–H and O–H groups in total. The summed E-state index contributed by atoms with van der Waals surface area (Å²) in [6.07, 6.45) is 0. The van der Waals surface area contributed by atoms with E-state index in [9.17, 15) is 14.4 Å². The average molecular weight is 391 g/mol. The van der Waals surface area contributed by atoms with Crippen LogP contribution < -0.4 is 16.2 Å². The van der Waals surface area contributed by atoms with Crippen molar-refractivity contribution >= 4 is 17.7 Å². The monoisotopic (exact) mass is 391 g/mol. The molecule has 0 aliphatic carbocycles. The van der Waals surface area contributed by atoms with E-state index in [1.165, 1.54) is 6.92 Å². The number of hydrazine groups is 1. The second-order valence-corrected chi connectivity index (χ2v) is 6.54. The zero-order chi connectivity index (χ0) is 20.8. The van der Waals surface area contributed by atoms with E-state index in [0.29, 0.717) is 11.3 Å². The maximum atomic E-state index is 12.2. The Morgan fingerprint density at radius 1 is 0.931 bits per heavy atom. The third kappa shape index (κ3) is 5.07. The number of nitrogens with one attached hydrogen (secondary N) is 4. The number of hydrogen-bond acceptors (Lipinski definition) is 4. The van der Waals surface area contributed by atoms with Crippen LogP contribution in [0.2, 0.25) is 0 Å². The maximum absolute atomic E-state index is 12.2. The first-order valence-corrected chi connectivity index (χ1v) is 9.02. The lowest BCUT2D eigenvalue weighted by Crippen LogP contribution is -2.51. The van der Waals surface area contributed by atoms with Crippen molar-refractivity contribution in [1.29, 1.82) is 0 Å². The lowest BCUT2D eigenvalue weighted by atomic mass is 10.1. The number of benzene rings is 2. The number of hydrogen-bond donors (Lipinski definition) is 4. The van der Waals surface area contributed by atoms with Crippen molar-refractivity contribution in [1.82, 2.24) is 26.4 Å². The summed E-state index contributed by atoms with van der Waals surface area (Å²) in [6, 6.07) is 17.2. The molecule has 0 aliphatic heterocycles. The van der Waals surface area contributed by atoms with Crippen LogP contribution in [-0.4, -0.2) is 34.0 Å². The van der Waals surface area contributed by atoms with Crippen molar-refractivity contribution in [2.45, 2.75) is 19.9 Å². The van der Waals surface area contributed by atoms with Gasteiger partial charge >= 0.3 is 0 Å². The van der Waals surface area contributed by atoms with Crippen LogP contribution in [0.3, 0.4) is 0 Å². The first-order chi connectivity index (χ1) is 13.9. The quantitative estimate of drug-likeness (QED) is 0.498. The highest BCUT2D eigenvalue weighted by atomic mass is 16.2. The number of nitrogens with zero attached hydrogens (tertiary/aromatic N) is 1. The fraction of sp³-hybridized carbons (Fsp3) is 0.143. The molecule has 3 amide bonds. The van der Waals surface area contributed by atoms with Gasteiger partial charge in [-0.05, 0) is 32.0 Å². The maximum Gasteiger partial charge on any atom is 0.287 e. The highest BCUT2D eigenvalue weighted by Gasteiger charge is 2.18. The lowest BCUT2D eigenvalue weighted by Gasteiger charge is -2.14. The largest absolute Gasteiger partial charge is 0.340 e. The molecule has 8 nitrogen and oxygen atoms in total. The van der Waals surface area contributed by atoms with Gasteiger partial charge in [-0.25, -0.2) is 0 Å². The van der Waals surface area contributed by atoms with E-state index in [0.717, 1.165) is 11.1 Å². The molecule has 0 spiro atoms. The Bertz CT molecular complexity index is 1030. The van der Waals surface area contributed by atoms with Crippen molar-refractivity contribution in [2.75, 3.05) is 0 Å². The third-order valence-electron chi connectivity index (χ3n) is 4.21. The number of aromatic amines is 1. The summed E-state index contributed by atoms with van der Waals surface area (Å²) in [4.78, 5) is 36.6. The second-order valence-electron chi connectivity index (χ2n) is 6.54. The van der Waals surface area contributed by atoms with Crippen LogP contribution in [0, 0.1) is 6.92 Å². The van der Waals surface area contributed by atoms with Crippen LogP contribution in [0.5, 0.6) is 0 Å². The Hall–Kier alpha value is -3.94. The highest BCUT2D eigenvalue weighted by Crippen LogP contribution is 2.16. The van der Waals surface area contributed by atoms with Gasteiger partial charge in [-0.2, -0.15) is 5.10 Å². The number of aryl methyl sites for hydroxylation is 1. The summed E-state index contributed by atoms with van der Waals surface area (Å²) < 4.78 is 0. The summed E-state index contributed by atoms with van der Waals surface area (Å²) in [5.41, 5.74) is 7.67. The van der Waals surface area contributed by atoms with E-state index in [1.54, 1.807) is 24.3 Å². The predicted molar refractivity (Wildman–Crippen MR) is 108 cm³/mol. The number of rotatable bonds is 5. The van der Waals surface area contributed by atoms with E-state index < -0.39 is 17.9 Å². The molecule has 29 heavy (non-hydrogen) atoms. The lowest BCUT2D eigenvalue weighted by molar-refractivity contribution is -0.123. The van der Waals surface area contributed by atoms with E-state index in [4.69, 9.17) is 0 Å². The number of carbonyl (C=O) groups is 3. The van der Waals surface area contributed by atoms with Crippen LogP contribution in [0.1, 0.15) is 33.3 Å². The Labute approximate surface area is 167 Å². The van der Waals surface area contributed by atoms with Gasteiger partial charge in [0.1, 0.15) is 11.7 Å². The first-order valence-electron chi connectivity index (χ1n) is 9.02. The Balaban J connectivity index is 1.52. The molecule has 0 saturated heterocycles. The minimum atomic E-state index is -0.843. The van der Waals surface area contributed by atoms with Gasteiger partial charge in [-0.3, -0.25) is 30.3 Å². The Morgan fingerprint density at radius 2 is 1.69 bits per heavy atom. The predicted octanol–water partition coefficient (Wildman–Crippen LogP) is 1.96. The van der Waals surface area contributed by atoms with Crippen LogP contribution in [0.25, 0.3) is 11.3 Å². The van der Waals surface area contributed by atoms with Crippen LogP contribution >= 0.6 is 0 Å². The molecule has 3 rings (SSSR count). The molecule has 148 valence electrons. The molecular weight excluding hydrogens is 370 g/mol. The molecule has 1 atom stereocenters. The molecule has 0 unspecified atom stereocenters. The highest BCUT2D eigenvalue weighted by molar-refractivity contribution is 5.98. The van der Waals surface area contributed by atoms with Crippen molar-refractivity contribution in [3.05, 3.63) is 77.5 Å². The van der Waals surface area contributed by atoms with E-state index in [2.05, 4.69) is 26.4 Å². The van der Waals surface area contributed by atoms with E-state index in [1.807, 2.05) is 43.3 Å². The SMILES string of the molecule is Cc1cccc(C(=O)N[C@@H](C)C(=O)NNC(=O)c2cc(-c3ccccc3)n[nH]2)c1.